The van der Waals surface area contributed by atoms with Crippen LogP contribution in [0.1, 0.15) is 16.0 Å². The molecule has 2 heterocycles. The second-order valence-electron chi connectivity index (χ2n) is 6.88. The summed E-state index contributed by atoms with van der Waals surface area (Å²) in [5.74, 6) is 0.582. The summed E-state index contributed by atoms with van der Waals surface area (Å²) in [5.41, 5.74) is 4.25. The standard InChI is InChI=1S/C20H26N6S/c1-14-9-15(2)11-16(10-14)24-20-22-6-5-18(25-20)19-23-13-17(27-19)12-21-7-8-26(3)4/h5-6,9-11,13,21H,7-8,12H2,1-4H3,(H,22,24,25). The third-order valence-electron chi connectivity index (χ3n) is 3.94. The number of nitrogens with zero attached hydrogens (tertiary/aromatic N) is 4. The molecule has 0 aliphatic heterocycles. The Balaban J connectivity index is 1.66. The highest BCUT2D eigenvalue weighted by atomic mass is 32.1. The van der Waals surface area contributed by atoms with Crippen LogP contribution < -0.4 is 10.6 Å². The van der Waals surface area contributed by atoms with Crippen molar-refractivity contribution in [2.75, 3.05) is 32.5 Å². The number of nitrogens with one attached hydrogen (secondary N) is 2. The summed E-state index contributed by atoms with van der Waals surface area (Å²) < 4.78 is 0. The number of thiazole rings is 1. The SMILES string of the molecule is Cc1cc(C)cc(Nc2nccc(-c3ncc(CNCCN(C)C)s3)n2)c1. The predicted octanol–water partition coefficient (Wildman–Crippen LogP) is 3.61. The molecule has 0 aliphatic rings. The van der Waals surface area contributed by atoms with E-state index in [1.54, 1.807) is 17.5 Å². The zero-order valence-electron chi connectivity index (χ0n) is 16.3. The fourth-order valence-corrected chi connectivity index (χ4v) is 3.59. The molecule has 0 atom stereocenters. The van der Waals surface area contributed by atoms with E-state index in [4.69, 9.17) is 0 Å². The monoisotopic (exact) mass is 382 g/mol. The molecule has 1 aromatic carbocycles. The quantitative estimate of drug-likeness (QED) is 0.580. The summed E-state index contributed by atoms with van der Waals surface area (Å²) in [5, 5.41) is 7.64. The summed E-state index contributed by atoms with van der Waals surface area (Å²) in [6, 6.07) is 8.22. The number of rotatable bonds is 8. The van der Waals surface area contributed by atoms with Crippen LogP contribution in [0.4, 0.5) is 11.6 Å². The maximum Gasteiger partial charge on any atom is 0.227 e. The number of hydrogen-bond donors (Lipinski definition) is 2. The third-order valence-corrected chi connectivity index (χ3v) is 4.96. The Kier molecular flexibility index (Phi) is 6.49. The van der Waals surface area contributed by atoms with Gasteiger partial charge in [-0.1, -0.05) is 6.07 Å². The molecular weight excluding hydrogens is 356 g/mol. The van der Waals surface area contributed by atoms with Crippen molar-refractivity contribution < 1.29 is 0 Å². The van der Waals surface area contributed by atoms with E-state index in [0.717, 1.165) is 36.0 Å². The predicted molar refractivity (Wildman–Crippen MR) is 113 cm³/mol. The van der Waals surface area contributed by atoms with Gasteiger partial charge in [-0.05, 0) is 57.3 Å². The molecular formula is C20H26N6S. The molecule has 6 nitrogen and oxygen atoms in total. The molecule has 0 amide bonds. The summed E-state index contributed by atoms with van der Waals surface area (Å²) in [6.07, 6.45) is 3.69. The van der Waals surface area contributed by atoms with Crippen LogP contribution >= 0.6 is 11.3 Å². The molecule has 0 saturated carbocycles. The molecule has 0 saturated heterocycles. The lowest BCUT2D eigenvalue weighted by Crippen LogP contribution is -2.25. The normalized spacial score (nSPS) is 11.1. The molecule has 27 heavy (non-hydrogen) atoms. The van der Waals surface area contributed by atoms with E-state index in [2.05, 4.69) is 76.6 Å². The van der Waals surface area contributed by atoms with Crippen LogP contribution in [-0.2, 0) is 6.54 Å². The molecule has 0 spiro atoms. The van der Waals surface area contributed by atoms with E-state index in [1.807, 2.05) is 12.3 Å². The van der Waals surface area contributed by atoms with Crippen LogP contribution in [0.2, 0.25) is 0 Å². The summed E-state index contributed by atoms with van der Waals surface area (Å²) in [4.78, 5) is 16.9. The van der Waals surface area contributed by atoms with Crippen molar-refractivity contribution in [2.24, 2.45) is 0 Å². The van der Waals surface area contributed by atoms with E-state index in [1.165, 1.54) is 16.0 Å². The van der Waals surface area contributed by atoms with E-state index in [0.29, 0.717) is 5.95 Å². The van der Waals surface area contributed by atoms with Gasteiger partial charge < -0.3 is 15.5 Å². The van der Waals surface area contributed by atoms with Crippen molar-refractivity contribution >= 4 is 23.0 Å². The summed E-state index contributed by atoms with van der Waals surface area (Å²) in [6.45, 7) is 6.96. The van der Waals surface area contributed by atoms with Crippen LogP contribution in [0.3, 0.4) is 0 Å². The van der Waals surface area contributed by atoms with Gasteiger partial charge in [0.2, 0.25) is 5.95 Å². The molecule has 142 valence electrons. The second kappa shape index (κ2) is 9.03. The Labute approximate surface area is 164 Å². The molecule has 0 unspecified atom stereocenters. The zero-order chi connectivity index (χ0) is 19.2. The van der Waals surface area contributed by atoms with Gasteiger partial charge >= 0.3 is 0 Å². The maximum absolute atomic E-state index is 4.63. The first-order chi connectivity index (χ1) is 13.0. The van der Waals surface area contributed by atoms with Gasteiger partial charge in [0.1, 0.15) is 10.7 Å². The number of hydrogen-bond acceptors (Lipinski definition) is 7. The molecule has 3 rings (SSSR count). The first-order valence-corrected chi connectivity index (χ1v) is 9.80. The van der Waals surface area contributed by atoms with Crippen LogP contribution in [-0.4, -0.2) is 47.0 Å². The zero-order valence-corrected chi connectivity index (χ0v) is 17.1. The lowest BCUT2D eigenvalue weighted by atomic mass is 10.1. The Morgan fingerprint density at radius 3 is 2.59 bits per heavy atom. The lowest BCUT2D eigenvalue weighted by molar-refractivity contribution is 0.400. The third kappa shape index (κ3) is 5.82. The van der Waals surface area contributed by atoms with Crippen molar-refractivity contribution in [1.29, 1.82) is 0 Å². The molecule has 7 heteroatoms. The largest absolute Gasteiger partial charge is 0.324 e. The van der Waals surface area contributed by atoms with Gasteiger partial charge in [0.25, 0.3) is 0 Å². The minimum Gasteiger partial charge on any atom is -0.324 e. The first-order valence-electron chi connectivity index (χ1n) is 8.98. The molecule has 0 bridgehead atoms. The van der Waals surface area contributed by atoms with Gasteiger partial charge in [0.15, 0.2) is 0 Å². The number of aryl methyl sites for hydroxylation is 2. The molecule has 0 aliphatic carbocycles. The van der Waals surface area contributed by atoms with Crippen LogP contribution in [0.15, 0.2) is 36.7 Å². The number of benzene rings is 1. The fourth-order valence-electron chi connectivity index (χ4n) is 2.74. The molecule has 2 N–H and O–H groups in total. The van der Waals surface area contributed by atoms with Gasteiger partial charge in [0.05, 0.1) is 0 Å². The van der Waals surface area contributed by atoms with Crippen LogP contribution in [0, 0.1) is 13.8 Å². The minimum atomic E-state index is 0.582. The lowest BCUT2D eigenvalue weighted by Gasteiger charge is -2.09. The fraction of sp³-hybridized carbons (Fsp3) is 0.350. The van der Waals surface area contributed by atoms with E-state index in [9.17, 15) is 0 Å². The highest BCUT2D eigenvalue weighted by molar-refractivity contribution is 7.14. The Bertz CT molecular complexity index is 869. The van der Waals surface area contributed by atoms with Crippen LogP contribution in [0.5, 0.6) is 0 Å². The van der Waals surface area contributed by atoms with Gasteiger partial charge in [-0.3, -0.25) is 0 Å². The van der Waals surface area contributed by atoms with Gasteiger partial charge in [0, 0.05) is 42.6 Å². The van der Waals surface area contributed by atoms with Crippen LogP contribution in [0.25, 0.3) is 10.7 Å². The molecule has 3 aromatic rings. The number of likely N-dealkylation sites (N-methyl/N-ethyl adjacent to an activating group) is 1. The van der Waals surface area contributed by atoms with Gasteiger partial charge in [-0.25, -0.2) is 15.0 Å². The van der Waals surface area contributed by atoms with Crippen molar-refractivity contribution in [3.8, 4) is 10.7 Å². The van der Waals surface area contributed by atoms with Crippen molar-refractivity contribution in [3.05, 3.63) is 52.7 Å². The number of aromatic nitrogens is 3. The smallest absolute Gasteiger partial charge is 0.227 e. The topological polar surface area (TPSA) is 66.0 Å². The Morgan fingerprint density at radius 2 is 1.85 bits per heavy atom. The minimum absolute atomic E-state index is 0.582. The highest BCUT2D eigenvalue weighted by Gasteiger charge is 2.08. The average molecular weight is 383 g/mol. The second-order valence-corrected chi connectivity index (χ2v) is 7.99. The molecule has 0 fully saturated rings. The molecule has 2 aromatic heterocycles. The van der Waals surface area contributed by atoms with Gasteiger partial charge in [-0.2, -0.15) is 0 Å². The van der Waals surface area contributed by atoms with Crippen molar-refractivity contribution in [1.82, 2.24) is 25.2 Å². The van der Waals surface area contributed by atoms with Crippen molar-refractivity contribution in [3.63, 3.8) is 0 Å². The van der Waals surface area contributed by atoms with Crippen molar-refractivity contribution in [2.45, 2.75) is 20.4 Å². The van der Waals surface area contributed by atoms with E-state index in [-0.39, 0.29) is 0 Å². The summed E-state index contributed by atoms with van der Waals surface area (Å²) >= 11 is 1.66. The number of anilines is 2. The Hall–Kier alpha value is -2.35. The Morgan fingerprint density at radius 1 is 1.07 bits per heavy atom. The first kappa shape index (κ1) is 19.4. The van der Waals surface area contributed by atoms with E-state index >= 15 is 0 Å². The maximum atomic E-state index is 4.63. The average Bonchev–Trinajstić information content (AvgIpc) is 3.07. The molecule has 0 radical (unpaired) electrons. The van der Waals surface area contributed by atoms with E-state index < -0.39 is 0 Å². The summed E-state index contributed by atoms with van der Waals surface area (Å²) in [7, 11) is 4.15. The van der Waals surface area contributed by atoms with Gasteiger partial charge in [-0.15, -0.1) is 11.3 Å². The highest BCUT2D eigenvalue weighted by Crippen LogP contribution is 2.25.